The highest BCUT2D eigenvalue weighted by atomic mass is 16.2. The predicted octanol–water partition coefficient (Wildman–Crippen LogP) is 6.06. The minimum absolute atomic E-state index is 0.0133. The van der Waals surface area contributed by atoms with Crippen molar-refractivity contribution >= 4 is 35.3 Å². The normalized spacial score (nSPS) is 18.1. The van der Waals surface area contributed by atoms with E-state index in [2.05, 4.69) is 26.6 Å². The zero-order chi connectivity index (χ0) is 48.7. The van der Waals surface area contributed by atoms with E-state index in [1.807, 2.05) is 123 Å². The Morgan fingerprint density at radius 2 is 0.926 bits per heavy atom. The van der Waals surface area contributed by atoms with Gasteiger partial charge in [0.1, 0.15) is 18.1 Å². The van der Waals surface area contributed by atoms with E-state index in [1.54, 1.807) is 37.7 Å². The molecule has 0 bridgehead atoms. The Morgan fingerprint density at radius 3 is 1.40 bits per heavy atom. The number of rotatable bonds is 22. The monoisotopic (exact) mass is 926 g/mol. The summed E-state index contributed by atoms with van der Waals surface area (Å²) in [5.74, 6) is -1.54. The fraction of sp³-hybridized carbons (Fsp3) is 0.455. The Balaban J connectivity index is 1.14. The molecule has 8 atom stereocenters. The van der Waals surface area contributed by atoms with Gasteiger partial charge in [-0.25, -0.2) is 0 Å². The van der Waals surface area contributed by atoms with Gasteiger partial charge in [0.05, 0.1) is 24.2 Å². The molecule has 5 N–H and O–H groups in total. The van der Waals surface area contributed by atoms with Crippen LogP contribution < -0.4 is 26.6 Å². The number of fused-ring (bicyclic) bond motifs is 2. The first-order valence-corrected chi connectivity index (χ1v) is 24.4. The first-order chi connectivity index (χ1) is 32.8. The summed E-state index contributed by atoms with van der Waals surface area (Å²) < 4.78 is 0. The number of hydrogen-bond donors (Lipinski definition) is 5. The average molecular weight is 926 g/mol. The number of Topliss-reactive ketones (excluding diaryl/α,β-unsaturated/α-hetero) is 1. The molecule has 0 saturated carbocycles. The maximum Gasteiger partial charge on any atom is 0.246 e. The third-order valence-electron chi connectivity index (χ3n) is 13.9. The van der Waals surface area contributed by atoms with E-state index in [1.165, 1.54) is 0 Å². The van der Waals surface area contributed by atoms with Crippen LogP contribution in [0.15, 0.2) is 109 Å². The summed E-state index contributed by atoms with van der Waals surface area (Å²) in [6.45, 7) is 7.92. The quantitative estimate of drug-likeness (QED) is 0.0594. The molecule has 6 rings (SSSR count). The van der Waals surface area contributed by atoms with Crippen molar-refractivity contribution < 1.29 is 28.8 Å². The largest absolute Gasteiger partial charge is 0.348 e. The van der Waals surface area contributed by atoms with Crippen LogP contribution in [0.3, 0.4) is 0 Å². The molecular formula is C55H71N7O6. The topological polar surface area (TPSA) is 169 Å². The van der Waals surface area contributed by atoms with Crippen molar-refractivity contribution in [3.8, 4) is 0 Å². The van der Waals surface area contributed by atoms with Crippen LogP contribution in [0.4, 0.5) is 0 Å². The van der Waals surface area contributed by atoms with Crippen LogP contribution in [0.5, 0.6) is 0 Å². The molecule has 13 heteroatoms. The molecular weight excluding hydrogens is 855 g/mol. The van der Waals surface area contributed by atoms with Gasteiger partial charge in [-0.1, -0.05) is 142 Å². The highest BCUT2D eigenvalue weighted by Gasteiger charge is 2.40. The molecule has 362 valence electrons. The molecule has 68 heavy (non-hydrogen) atoms. The van der Waals surface area contributed by atoms with Crippen molar-refractivity contribution in [3.05, 3.63) is 143 Å². The molecule has 0 radical (unpaired) electrons. The SMILES string of the molecule is CN[C@@H](C)C(=O)N[C@@H](CCCCCC[C@H](NC(=O)[C@H](C)NC)C(=O)N1Cc2ccccc2C[C@H]1C(=O)N[C@H](C)c1ccccc1)C(=O)N1Cc2ccccc2C[C@H]1C(=O)C[C@H](C)c1ccccc1. The Kier molecular flexibility index (Phi) is 18.6. The standard InChI is InChI=1S/C55H71N7O6/c1-36(40-21-11-9-12-22-40)31-50(63)48-32-42-25-17-19-27-44(42)34-61(48)54(67)46(59-51(64)38(3)56-5)29-15-7-8-16-30-47(60-52(65)39(4)57-6)55(68)62-35-45-28-20-18-26-43(45)33-49(62)53(66)58-37(2)41-23-13-10-14-24-41/h9-14,17-28,36-39,46-49,56-57H,7-8,15-16,29-35H2,1-6H3,(H,58,66)(H,59,64)(H,60,65)/t36-,37+,38-,39-,46-,47-,48-,49-/m0/s1. The zero-order valence-corrected chi connectivity index (χ0v) is 40.6. The van der Waals surface area contributed by atoms with E-state index in [0.29, 0.717) is 51.4 Å². The maximum absolute atomic E-state index is 14.7. The zero-order valence-electron chi connectivity index (χ0n) is 40.6. The molecule has 4 aromatic rings. The number of ketones is 1. The Bertz CT molecular complexity index is 2180. The van der Waals surface area contributed by atoms with Crippen molar-refractivity contribution in [1.29, 1.82) is 0 Å². The van der Waals surface area contributed by atoms with Gasteiger partial charge in [0.2, 0.25) is 29.5 Å². The molecule has 2 aliphatic rings. The number of nitrogens with one attached hydrogen (secondary N) is 5. The lowest BCUT2D eigenvalue weighted by molar-refractivity contribution is -0.145. The Hall–Kier alpha value is -6.18. The lowest BCUT2D eigenvalue weighted by atomic mass is 9.86. The van der Waals surface area contributed by atoms with Crippen LogP contribution in [0.1, 0.15) is 118 Å². The highest BCUT2D eigenvalue weighted by molar-refractivity contribution is 5.95. The van der Waals surface area contributed by atoms with Crippen molar-refractivity contribution in [3.63, 3.8) is 0 Å². The van der Waals surface area contributed by atoms with Gasteiger partial charge in [-0.15, -0.1) is 0 Å². The summed E-state index contributed by atoms with van der Waals surface area (Å²) >= 11 is 0. The molecule has 0 spiro atoms. The first-order valence-electron chi connectivity index (χ1n) is 24.4. The molecule has 2 heterocycles. The van der Waals surface area contributed by atoms with Gasteiger partial charge in [-0.05, 0) is 87.0 Å². The van der Waals surface area contributed by atoms with E-state index in [9.17, 15) is 28.8 Å². The second-order valence-corrected chi connectivity index (χ2v) is 18.7. The summed E-state index contributed by atoms with van der Waals surface area (Å²) in [6, 6.07) is 30.7. The van der Waals surface area contributed by atoms with E-state index < -0.39 is 36.3 Å². The third-order valence-corrected chi connectivity index (χ3v) is 13.9. The minimum Gasteiger partial charge on any atom is -0.348 e. The maximum atomic E-state index is 14.7. The van der Waals surface area contributed by atoms with Crippen LogP contribution in [-0.2, 0) is 54.7 Å². The minimum atomic E-state index is -0.886. The smallest absolute Gasteiger partial charge is 0.246 e. The van der Waals surface area contributed by atoms with Gasteiger partial charge >= 0.3 is 0 Å². The van der Waals surface area contributed by atoms with Crippen molar-refractivity contribution in [2.24, 2.45) is 0 Å². The van der Waals surface area contributed by atoms with Crippen molar-refractivity contribution in [2.45, 2.75) is 147 Å². The highest BCUT2D eigenvalue weighted by Crippen LogP contribution is 2.30. The van der Waals surface area contributed by atoms with Gasteiger partial charge in [0, 0.05) is 32.4 Å². The number of hydrogen-bond acceptors (Lipinski definition) is 8. The van der Waals surface area contributed by atoms with Gasteiger partial charge in [0.15, 0.2) is 5.78 Å². The number of nitrogens with zero attached hydrogens (tertiary/aromatic N) is 2. The fourth-order valence-electron chi connectivity index (χ4n) is 9.32. The molecule has 0 fully saturated rings. The van der Waals surface area contributed by atoms with Gasteiger partial charge in [0.25, 0.3) is 0 Å². The van der Waals surface area contributed by atoms with Crippen LogP contribution in [-0.4, -0.2) is 95.5 Å². The van der Waals surface area contributed by atoms with Crippen molar-refractivity contribution in [2.75, 3.05) is 14.1 Å². The molecule has 0 unspecified atom stereocenters. The predicted molar refractivity (Wildman–Crippen MR) is 265 cm³/mol. The lowest BCUT2D eigenvalue weighted by Gasteiger charge is -2.39. The Morgan fingerprint density at radius 1 is 0.515 bits per heavy atom. The lowest BCUT2D eigenvalue weighted by Crippen LogP contribution is -2.59. The van der Waals surface area contributed by atoms with Crippen LogP contribution >= 0.6 is 0 Å². The molecule has 2 aliphatic heterocycles. The number of unbranched alkanes of at least 4 members (excludes halogenated alkanes) is 3. The summed E-state index contributed by atoms with van der Waals surface area (Å²) in [5, 5.41) is 15.1. The molecule has 13 nitrogen and oxygen atoms in total. The summed E-state index contributed by atoms with van der Waals surface area (Å²) in [4.78, 5) is 87.8. The first kappa shape index (κ1) is 51.2. The van der Waals surface area contributed by atoms with E-state index >= 15 is 0 Å². The van der Waals surface area contributed by atoms with E-state index in [-0.39, 0.29) is 66.8 Å². The number of amides is 5. The third kappa shape index (κ3) is 13.3. The van der Waals surface area contributed by atoms with Gasteiger partial charge < -0.3 is 36.4 Å². The second-order valence-electron chi connectivity index (χ2n) is 18.7. The average Bonchev–Trinajstić information content (AvgIpc) is 3.37. The second kappa shape index (κ2) is 24.7. The molecule has 0 saturated heterocycles. The Labute approximate surface area is 402 Å². The van der Waals surface area contributed by atoms with Crippen LogP contribution in [0.2, 0.25) is 0 Å². The van der Waals surface area contributed by atoms with Gasteiger partial charge in [-0.3, -0.25) is 28.8 Å². The molecule has 4 aromatic carbocycles. The number of benzene rings is 4. The van der Waals surface area contributed by atoms with Crippen LogP contribution in [0, 0.1) is 0 Å². The van der Waals surface area contributed by atoms with Crippen molar-refractivity contribution in [1.82, 2.24) is 36.4 Å². The van der Waals surface area contributed by atoms with Crippen LogP contribution in [0.25, 0.3) is 0 Å². The molecule has 0 aromatic heterocycles. The number of carbonyl (C=O) groups excluding carboxylic acids is 6. The van der Waals surface area contributed by atoms with Gasteiger partial charge in [-0.2, -0.15) is 0 Å². The molecule has 5 amide bonds. The number of carbonyl (C=O) groups is 6. The summed E-state index contributed by atoms with van der Waals surface area (Å²) in [6.07, 6.45) is 4.25. The van der Waals surface area contributed by atoms with E-state index in [4.69, 9.17) is 0 Å². The summed E-state index contributed by atoms with van der Waals surface area (Å²) in [7, 11) is 3.38. The molecule has 0 aliphatic carbocycles. The van der Waals surface area contributed by atoms with E-state index in [0.717, 1.165) is 33.4 Å². The summed E-state index contributed by atoms with van der Waals surface area (Å²) in [5.41, 5.74) is 6.00. The number of likely N-dealkylation sites (N-methyl/N-ethyl adjacent to an activating group) is 2. The fourth-order valence-corrected chi connectivity index (χ4v) is 9.32.